The first kappa shape index (κ1) is 21.8. The lowest BCUT2D eigenvalue weighted by atomic mass is 10.2. The van der Waals surface area contributed by atoms with Crippen molar-refractivity contribution in [1.29, 1.82) is 0 Å². The van der Waals surface area contributed by atoms with Crippen molar-refractivity contribution in [3.05, 3.63) is 109 Å². The van der Waals surface area contributed by atoms with Crippen molar-refractivity contribution in [2.24, 2.45) is 0 Å². The predicted octanol–water partition coefficient (Wildman–Crippen LogP) is 4.59. The van der Waals surface area contributed by atoms with Gasteiger partial charge in [-0.05, 0) is 72.8 Å². The van der Waals surface area contributed by atoms with Crippen LogP contribution in [0.4, 0.5) is 17.1 Å². The van der Waals surface area contributed by atoms with Gasteiger partial charge in [0.1, 0.15) is 0 Å². The Labute approximate surface area is 190 Å². The van der Waals surface area contributed by atoms with Crippen LogP contribution in [0.5, 0.6) is 0 Å². The molecule has 0 aliphatic heterocycles. The topological polar surface area (TPSA) is 118 Å². The van der Waals surface area contributed by atoms with Crippen LogP contribution in [0.2, 0.25) is 0 Å². The monoisotopic (exact) mass is 461 g/mol. The second kappa shape index (κ2) is 9.41. The Kier molecular flexibility index (Phi) is 6.23. The largest absolute Gasteiger partial charge is 0.459 e. The minimum absolute atomic E-state index is 0.149. The fourth-order valence-electron chi connectivity index (χ4n) is 2.94. The molecule has 0 aliphatic carbocycles. The number of nitrogens with one attached hydrogen (secondary N) is 3. The van der Waals surface area contributed by atoms with Crippen molar-refractivity contribution < 1.29 is 22.4 Å². The molecule has 0 radical (unpaired) electrons. The van der Waals surface area contributed by atoms with Crippen LogP contribution in [0.15, 0.2) is 107 Å². The lowest BCUT2D eigenvalue weighted by molar-refractivity contribution is 0.0994. The molecule has 4 rings (SSSR count). The molecule has 1 aromatic heterocycles. The van der Waals surface area contributed by atoms with Crippen LogP contribution < -0.4 is 15.4 Å². The zero-order valence-electron chi connectivity index (χ0n) is 17.2. The number of sulfonamides is 1. The zero-order chi connectivity index (χ0) is 23.3. The van der Waals surface area contributed by atoms with E-state index in [9.17, 15) is 18.0 Å². The number of benzene rings is 3. The van der Waals surface area contributed by atoms with Crippen LogP contribution >= 0.6 is 0 Å². The summed E-state index contributed by atoms with van der Waals surface area (Å²) in [6, 6.07) is 23.9. The molecule has 0 spiro atoms. The van der Waals surface area contributed by atoms with E-state index in [1.807, 2.05) is 0 Å². The third-order valence-corrected chi connectivity index (χ3v) is 6.00. The van der Waals surface area contributed by atoms with Gasteiger partial charge in [-0.3, -0.25) is 14.3 Å². The first-order valence-corrected chi connectivity index (χ1v) is 11.3. The van der Waals surface area contributed by atoms with Crippen LogP contribution in [0, 0.1) is 0 Å². The normalized spacial score (nSPS) is 10.9. The van der Waals surface area contributed by atoms with Crippen LogP contribution in [0.1, 0.15) is 20.9 Å². The Morgan fingerprint density at radius 2 is 1.21 bits per heavy atom. The molecule has 4 aromatic rings. The number of carbonyl (C=O) groups excluding carboxylic acids is 2. The highest BCUT2D eigenvalue weighted by Crippen LogP contribution is 2.19. The van der Waals surface area contributed by atoms with Crippen molar-refractivity contribution >= 4 is 38.9 Å². The average molecular weight is 461 g/mol. The van der Waals surface area contributed by atoms with Crippen molar-refractivity contribution in [2.75, 3.05) is 15.4 Å². The first-order chi connectivity index (χ1) is 15.9. The molecule has 0 saturated carbocycles. The van der Waals surface area contributed by atoms with Crippen molar-refractivity contribution in [1.82, 2.24) is 0 Å². The molecule has 3 N–H and O–H groups in total. The molecule has 0 saturated heterocycles. The van der Waals surface area contributed by atoms with Gasteiger partial charge < -0.3 is 15.1 Å². The van der Waals surface area contributed by atoms with E-state index in [1.165, 1.54) is 42.7 Å². The van der Waals surface area contributed by atoms with E-state index in [0.717, 1.165) is 0 Å². The van der Waals surface area contributed by atoms with Crippen molar-refractivity contribution in [3.63, 3.8) is 0 Å². The Morgan fingerprint density at radius 3 is 1.79 bits per heavy atom. The summed E-state index contributed by atoms with van der Waals surface area (Å²) >= 11 is 0. The quantitative estimate of drug-likeness (QED) is 0.372. The summed E-state index contributed by atoms with van der Waals surface area (Å²) in [7, 11) is -3.71. The molecule has 0 unspecified atom stereocenters. The minimum atomic E-state index is -3.71. The van der Waals surface area contributed by atoms with Crippen LogP contribution in [0.3, 0.4) is 0 Å². The molecule has 9 heteroatoms. The van der Waals surface area contributed by atoms with Crippen molar-refractivity contribution in [3.8, 4) is 0 Å². The summed E-state index contributed by atoms with van der Waals surface area (Å²) in [4.78, 5) is 24.7. The average Bonchev–Trinajstić information content (AvgIpc) is 3.36. The third kappa shape index (κ3) is 5.46. The Bertz CT molecular complexity index is 1350. The number of furan rings is 1. The smallest absolute Gasteiger partial charge is 0.291 e. The highest BCUT2D eigenvalue weighted by atomic mass is 32.2. The SMILES string of the molecule is O=C(Nc1ccc(NC(=O)c2ccco2)cc1)c1ccc(NS(=O)(=O)c2ccccc2)cc1. The standard InChI is InChI=1S/C24H19N3O5S/c28-23(25-18-12-14-19(15-13-18)26-24(29)22-7-4-16-32-22)17-8-10-20(11-9-17)27-33(30,31)21-5-2-1-3-6-21/h1-16,27H,(H,25,28)(H,26,29). The number of hydrogen-bond acceptors (Lipinski definition) is 5. The molecule has 33 heavy (non-hydrogen) atoms. The van der Waals surface area contributed by atoms with Gasteiger partial charge in [-0.1, -0.05) is 18.2 Å². The van der Waals surface area contributed by atoms with Crippen molar-refractivity contribution in [2.45, 2.75) is 4.90 Å². The van der Waals surface area contributed by atoms with E-state index >= 15 is 0 Å². The maximum Gasteiger partial charge on any atom is 0.291 e. The number of rotatable bonds is 7. The summed E-state index contributed by atoms with van der Waals surface area (Å²) in [6.45, 7) is 0. The molecule has 1 heterocycles. The van der Waals surface area contributed by atoms with Gasteiger partial charge in [0, 0.05) is 22.6 Å². The number of hydrogen-bond donors (Lipinski definition) is 3. The molecule has 8 nitrogen and oxygen atoms in total. The number of carbonyl (C=O) groups is 2. The van der Waals surface area contributed by atoms with E-state index in [1.54, 1.807) is 54.6 Å². The maximum atomic E-state index is 12.5. The van der Waals surface area contributed by atoms with Crippen LogP contribution in [0.25, 0.3) is 0 Å². The molecule has 0 aliphatic rings. The molecule has 0 bridgehead atoms. The summed E-state index contributed by atoms with van der Waals surface area (Å²) in [5.41, 5.74) is 1.77. The van der Waals surface area contributed by atoms with Gasteiger partial charge in [0.15, 0.2) is 5.76 Å². The van der Waals surface area contributed by atoms with Gasteiger partial charge in [0.2, 0.25) is 0 Å². The Morgan fingerprint density at radius 1 is 0.636 bits per heavy atom. The van der Waals surface area contributed by atoms with E-state index in [0.29, 0.717) is 22.6 Å². The molecule has 166 valence electrons. The molecular formula is C24H19N3O5S. The van der Waals surface area contributed by atoms with Gasteiger partial charge >= 0.3 is 0 Å². The first-order valence-electron chi connectivity index (χ1n) is 9.85. The van der Waals surface area contributed by atoms with E-state index < -0.39 is 10.0 Å². The minimum Gasteiger partial charge on any atom is -0.459 e. The summed E-state index contributed by atoms with van der Waals surface area (Å²) < 4.78 is 32.3. The fourth-order valence-corrected chi connectivity index (χ4v) is 4.02. The van der Waals surface area contributed by atoms with Crippen LogP contribution in [-0.4, -0.2) is 20.2 Å². The summed E-state index contributed by atoms with van der Waals surface area (Å²) in [5, 5.41) is 5.44. The summed E-state index contributed by atoms with van der Waals surface area (Å²) in [5.74, 6) is -0.540. The Hall–Kier alpha value is -4.37. The lowest BCUT2D eigenvalue weighted by Crippen LogP contribution is -2.14. The second-order valence-corrected chi connectivity index (χ2v) is 8.64. The second-order valence-electron chi connectivity index (χ2n) is 6.96. The maximum absolute atomic E-state index is 12.5. The Balaban J connectivity index is 1.36. The van der Waals surface area contributed by atoms with Gasteiger partial charge in [-0.15, -0.1) is 0 Å². The van der Waals surface area contributed by atoms with Crippen LogP contribution in [-0.2, 0) is 10.0 Å². The van der Waals surface area contributed by atoms with Gasteiger partial charge in [-0.2, -0.15) is 0 Å². The molecule has 3 aromatic carbocycles. The lowest BCUT2D eigenvalue weighted by Gasteiger charge is -2.10. The van der Waals surface area contributed by atoms with Gasteiger partial charge in [0.05, 0.1) is 11.2 Å². The number of anilines is 3. The van der Waals surface area contributed by atoms with E-state index in [-0.39, 0.29) is 22.5 Å². The predicted molar refractivity (Wildman–Crippen MR) is 125 cm³/mol. The van der Waals surface area contributed by atoms with E-state index in [2.05, 4.69) is 15.4 Å². The molecule has 0 atom stereocenters. The third-order valence-electron chi connectivity index (χ3n) is 4.60. The highest BCUT2D eigenvalue weighted by Gasteiger charge is 2.14. The van der Waals surface area contributed by atoms with Gasteiger partial charge in [-0.25, -0.2) is 8.42 Å². The van der Waals surface area contributed by atoms with Gasteiger partial charge in [0.25, 0.3) is 21.8 Å². The molecule has 0 fully saturated rings. The van der Waals surface area contributed by atoms with E-state index in [4.69, 9.17) is 4.42 Å². The molecule has 2 amide bonds. The fraction of sp³-hybridized carbons (Fsp3) is 0. The zero-order valence-corrected chi connectivity index (χ0v) is 18.0. The number of amides is 2. The molecular weight excluding hydrogens is 442 g/mol. The summed E-state index contributed by atoms with van der Waals surface area (Å²) in [6.07, 6.45) is 1.42. The highest BCUT2D eigenvalue weighted by molar-refractivity contribution is 7.92.